The monoisotopic (exact) mass is 755 g/mol. The predicted octanol–water partition coefficient (Wildman–Crippen LogP) is 13.3. The number of hydrogen-bond donors (Lipinski definition) is 0. The van der Waals surface area contributed by atoms with Crippen LogP contribution in [-0.4, -0.2) is 15.0 Å². The van der Waals surface area contributed by atoms with E-state index in [-0.39, 0.29) is 5.41 Å². The highest BCUT2D eigenvalue weighted by molar-refractivity contribution is 5.91. The molecule has 0 bridgehead atoms. The molecule has 0 saturated carbocycles. The molecule has 1 aromatic heterocycles. The zero-order valence-corrected chi connectivity index (χ0v) is 32.6. The second-order valence-electron chi connectivity index (χ2n) is 16.3. The van der Waals surface area contributed by atoms with Gasteiger partial charge in [0.25, 0.3) is 0 Å². The van der Waals surface area contributed by atoms with E-state index in [1.54, 1.807) is 0 Å². The van der Waals surface area contributed by atoms with E-state index >= 15 is 0 Å². The molecule has 3 aliphatic rings. The van der Waals surface area contributed by atoms with Crippen LogP contribution < -0.4 is 4.74 Å². The molecule has 4 heteroatoms. The number of benzene rings is 8. The molecule has 0 amide bonds. The van der Waals surface area contributed by atoms with E-state index < -0.39 is 5.41 Å². The van der Waals surface area contributed by atoms with Crippen molar-refractivity contribution in [3.63, 3.8) is 0 Å². The van der Waals surface area contributed by atoms with E-state index in [0.717, 1.165) is 33.8 Å². The van der Waals surface area contributed by atoms with Crippen LogP contribution in [0.5, 0.6) is 11.5 Å². The summed E-state index contributed by atoms with van der Waals surface area (Å²) in [6.07, 6.45) is 0. The van der Waals surface area contributed by atoms with Crippen LogP contribution in [0.25, 0.3) is 67.5 Å². The normalized spacial score (nSPS) is 14.3. The molecule has 4 nitrogen and oxygen atoms in total. The Labute approximate surface area is 343 Å². The molecular formula is C55H37N3O. The third-order valence-electron chi connectivity index (χ3n) is 12.8. The van der Waals surface area contributed by atoms with E-state index in [0.29, 0.717) is 17.5 Å². The Kier molecular flexibility index (Phi) is 7.16. The number of rotatable bonds is 4. The first-order valence-corrected chi connectivity index (χ1v) is 20.3. The Morgan fingerprint density at radius 1 is 0.322 bits per heavy atom. The average Bonchev–Trinajstić information content (AvgIpc) is 3.71. The van der Waals surface area contributed by atoms with E-state index in [1.165, 1.54) is 61.2 Å². The van der Waals surface area contributed by atoms with Crippen LogP contribution in [0.1, 0.15) is 47.2 Å². The molecule has 59 heavy (non-hydrogen) atoms. The summed E-state index contributed by atoms with van der Waals surface area (Å²) in [5, 5.41) is 0. The Morgan fingerprint density at radius 3 is 1.46 bits per heavy atom. The van der Waals surface area contributed by atoms with Gasteiger partial charge in [-0.15, -0.1) is 0 Å². The summed E-state index contributed by atoms with van der Waals surface area (Å²) < 4.78 is 6.95. The maximum atomic E-state index is 6.95. The molecule has 9 aromatic rings. The summed E-state index contributed by atoms with van der Waals surface area (Å²) in [4.78, 5) is 15.3. The molecule has 2 aliphatic carbocycles. The second-order valence-corrected chi connectivity index (χ2v) is 16.3. The first kappa shape index (κ1) is 33.7. The second kappa shape index (κ2) is 12.5. The molecular weight excluding hydrogens is 719 g/mol. The van der Waals surface area contributed by atoms with Gasteiger partial charge < -0.3 is 4.74 Å². The molecule has 0 atom stereocenters. The highest BCUT2D eigenvalue weighted by Crippen LogP contribution is 2.64. The summed E-state index contributed by atoms with van der Waals surface area (Å²) in [6.45, 7) is 4.69. The van der Waals surface area contributed by atoms with E-state index in [1.807, 2.05) is 24.3 Å². The van der Waals surface area contributed by atoms with E-state index in [4.69, 9.17) is 19.7 Å². The lowest BCUT2D eigenvalue weighted by Gasteiger charge is -2.40. The van der Waals surface area contributed by atoms with Crippen LogP contribution in [-0.2, 0) is 10.8 Å². The smallest absolute Gasteiger partial charge is 0.164 e. The Hall–Kier alpha value is -7.43. The van der Waals surface area contributed by atoms with Gasteiger partial charge in [0, 0.05) is 33.2 Å². The van der Waals surface area contributed by atoms with Crippen LogP contribution in [0.2, 0.25) is 0 Å². The molecule has 8 aromatic carbocycles. The van der Waals surface area contributed by atoms with Crippen molar-refractivity contribution in [2.45, 2.75) is 24.7 Å². The fraction of sp³-hybridized carbons (Fsp3) is 0.0727. The molecule has 0 saturated heterocycles. The number of aromatic nitrogens is 3. The summed E-state index contributed by atoms with van der Waals surface area (Å²) in [5.41, 5.74) is 16.7. The maximum Gasteiger partial charge on any atom is 0.164 e. The van der Waals surface area contributed by atoms with Crippen molar-refractivity contribution in [3.8, 4) is 79.0 Å². The molecule has 1 aliphatic heterocycles. The van der Waals surface area contributed by atoms with Crippen LogP contribution in [0, 0.1) is 0 Å². The van der Waals surface area contributed by atoms with Crippen LogP contribution >= 0.6 is 0 Å². The number of hydrogen-bond acceptors (Lipinski definition) is 4. The molecule has 0 fully saturated rings. The standard InChI is InChI=1S/C55H37N3O/c1-54(2)43-30-29-38(53-57-51(36-17-7-4-8-18-36)56-52(58-53)37-27-25-35(26-28-37)34-15-5-3-6-16-34)31-41(43)42-32-50-48(33-47(42)54)55(46-23-13-14-24-49(46)59-50)44-21-11-9-19-39(44)40-20-10-12-22-45(40)55/h3-33H,1-2H3. The molecule has 2 heterocycles. The number of fused-ring (bicyclic) bond motifs is 12. The van der Waals surface area contributed by atoms with E-state index in [2.05, 4.69) is 178 Å². The van der Waals surface area contributed by atoms with Crippen molar-refractivity contribution in [1.82, 2.24) is 15.0 Å². The van der Waals surface area contributed by atoms with Gasteiger partial charge in [0.2, 0.25) is 0 Å². The third-order valence-corrected chi connectivity index (χ3v) is 12.8. The largest absolute Gasteiger partial charge is 0.457 e. The topological polar surface area (TPSA) is 47.9 Å². The summed E-state index contributed by atoms with van der Waals surface area (Å²) in [6, 6.07) is 66.9. The Balaban J connectivity index is 1.03. The van der Waals surface area contributed by atoms with Gasteiger partial charge in [-0.3, -0.25) is 0 Å². The van der Waals surface area contributed by atoms with Gasteiger partial charge >= 0.3 is 0 Å². The summed E-state index contributed by atoms with van der Waals surface area (Å²) >= 11 is 0. The van der Waals surface area contributed by atoms with Gasteiger partial charge in [-0.2, -0.15) is 0 Å². The van der Waals surface area contributed by atoms with Crippen molar-refractivity contribution in [1.29, 1.82) is 0 Å². The van der Waals surface area contributed by atoms with Crippen molar-refractivity contribution in [3.05, 3.63) is 221 Å². The predicted molar refractivity (Wildman–Crippen MR) is 237 cm³/mol. The van der Waals surface area contributed by atoms with Crippen molar-refractivity contribution >= 4 is 0 Å². The van der Waals surface area contributed by atoms with Crippen LogP contribution in [0.3, 0.4) is 0 Å². The first-order chi connectivity index (χ1) is 29.0. The zero-order valence-electron chi connectivity index (χ0n) is 32.6. The van der Waals surface area contributed by atoms with E-state index in [9.17, 15) is 0 Å². The molecule has 0 unspecified atom stereocenters. The van der Waals surface area contributed by atoms with Gasteiger partial charge in [-0.05, 0) is 79.9 Å². The Morgan fingerprint density at radius 2 is 0.797 bits per heavy atom. The highest BCUT2D eigenvalue weighted by Gasteiger charge is 2.52. The minimum atomic E-state index is -0.517. The molecule has 278 valence electrons. The highest BCUT2D eigenvalue weighted by atomic mass is 16.5. The molecule has 1 spiro atoms. The average molecular weight is 756 g/mol. The SMILES string of the molecule is CC1(C)c2ccc(-c3nc(-c4ccccc4)nc(-c4ccc(-c5ccccc5)cc4)n3)cc2-c2cc3c(cc21)C1(c2ccccc2O3)c2ccccc2-c2ccccc21. The van der Waals surface area contributed by atoms with Crippen molar-refractivity contribution in [2.75, 3.05) is 0 Å². The maximum absolute atomic E-state index is 6.95. The van der Waals surface area contributed by atoms with Gasteiger partial charge in [0.1, 0.15) is 11.5 Å². The van der Waals surface area contributed by atoms with Crippen LogP contribution in [0.15, 0.2) is 188 Å². The van der Waals surface area contributed by atoms with Crippen molar-refractivity contribution < 1.29 is 4.74 Å². The molecule has 0 radical (unpaired) electrons. The fourth-order valence-electron chi connectivity index (χ4n) is 10.0. The Bertz CT molecular complexity index is 3110. The fourth-order valence-corrected chi connectivity index (χ4v) is 10.0. The lowest BCUT2D eigenvalue weighted by atomic mass is 9.65. The van der Waals surface area contributed by atoms with Gasteiger partial charge in [0.05, 0.1) is 5.41 Å². The lowest BCUT2D eigenvalue weighted by molar-refractivity contribution is 0.436. The molecule has 12 rings (SSSR count). The number of ether oxygens (including phenoxy) is 1. The number of nitrogens with zero attached hydrogens (tertiary/aromatic N) is 3. The van der Waals surface area contributed by atoms with Gasteiger partial charge in [0.15, 0.2) is 17.5 Å². The summed E-state index contributed by atoms with van der Waals surface area (Å²) in [7, 11) is 0. The minimum absolute atomic E-state index is 0.270. The quantitative estimate of drug-likeness (QED) is 0.179. The van der Waals surface area contributed by atoms with Gasteiger partial charge in [-0.25, -0.2) is 15.0 Å². The van der Waals surface area contributed by atoms with Crippen molar-refractivity contribution in [2.24, 2.45) is 0 Å². The molecule has 0 N–H and O–H groups in total. The van der Waals surface area contributed by atoms with Gasteiger partial charge in [-0.1, -0.05) is 178 Å². The first-order valence-electron chi connectivity index (χ1n) is 20.3. The minimum Gasteiger partial charge on any atom is -0.457 e. The lowest BCUT2D eigenvalue weighted by Crippen LogP contribution is -2.32. The third kappa shape index (κ3) is 4.87. The van der Waals surface area contributed by atoms with Crippen LogP contribution in [0.4, 0.5) is 0 Å². The zero-order chi connectivity index (χ0) is 39.3. The number of para-hydroxylation sites is 1. The summed E-state index contributed by atoms with van der Waals surface area (Å²) in [5.74, 6) is 3.69.